The van der Waals surface area contributed by atoms with Crippen LogP contribution in [0.1, 0.15) is 33.5 Å². The number of amides is 2. The molecule has 2 aromatic rings. The lowest BCUT2D eigenvalue weighted by Crippen LogP contribution is -2.42. The molecule has 2 N–H and O–H groups in total. The van der Waals surface area contributed by atoms with E-state index >= 15 is 0 Å². The monoisotopic (exact) mass is 312 g/mol. The van der Waals surface area contributed by atoms with Crippen molar-refractivity contribution in [2.24, 2.45) is 0 Å². The summed E-state index contributed by atoms with van der Waals surface area (Å²) < 4.78 is 12.8. The Morgan fingerprint density at radius 1 is 0.957 bits per heavy atom. The third-order valence-corrected chi connectivity index (χ3v) is 3.95. The van der Waals surface area contributed by atoms with Gasteiger partial charge in [0.15, 0.2) is 0 Å². The number of carbonyl (C=O) groups excluding carboxylic acids is 2. The lowest BCUT2D eigenvalue weighted by molar-refractivity contribution is -0.121. The zero-order valence-electron chi connectivity index (χ0n) is 12.6. The van der Waals surface area contributed by atoms with Gasteiger partial charge in [0.2, 0.25) is 5.91 Å². The van der Waals surface area contributed by atoms with Crippen LogP contribution >= 0.6 is 0 Å². The smallest absolute Gasteiger partial charge is 0.269 e. The molecule has 1 aliphatic rings. The van der Waals surface area contributed by atoms with E-state index in [-0.39, 0.29) is 17.9 Å². The molecule has 0 saturated carbocycles. The quantitative estimate of drug-likeness (QED) is 0.855. The van der Waals surface area contributed by atoms with Crippen LogP contribution in [0.4, 0.5) is 4.39 Å². The molecule has 0 aliphatic heterocycles. The summed E-state index contributed by atoms with van der Waals surface area (Å²) >= 11 is 0. The van der Waals surface area contributed by atoms with Crippen molar-refractivity contribution in [2.45, 2.75) is 25.7 Å². The van der Waals surface area contributed by atoms with Crippen LogP contribution in [0.15, 0.2) is 42.5 Å². The fourth-order valence-electron chi connectivity index (χ4n) is 2.76. The van der Waals surface area contributed by atoms with Crippen LogP contribution in [-0.4, -0.2) is 11.8 Å². The first-order valence-electron chi connectivity index (χ1n) is 7.57. The molecule has 118 valence electrons. The third-order valence-electron chi connectivity index (χ3n) is 3.95. The van der Waals surface area contributed by atoms with Gasteiger partial charge >= 0.3 is 0 Å². The molecule has 0 heterocycles. The minimum atomic E-state index is -0.479. The summed E-state index contributed by atoms with van der Waals surface area (Å²) in [7, 11) is 0. The highest BCUT2D eigenvalue weighted by molar-refractivity contribution is 5.95. The lowest BCUT2D eigenvalue weighted by atomic mass is 10.0. The number of benzene rings is 2. The molecule has 2 aromatic carbocycles. The SMILES string of the molecule is O=C(Cc1ccc2c(c1)CCC2)NNC(=O)c1ccc(F)cc1. The molecule has 0 fully saturated rings. The summed E-state index contributed by atoms with van der Waals surface area (Å²) in [5, 5.41) is 0. The molecule has 5 heteroatoms. The second-order valence-electron chi connectivity index (χ2n) is 5.64. The van der Waals surface area contributed by atoms with Gasteiger partial charge in [0.25, 0.3) is 5.91 Å². The zero-order valence-corrected chi connectivity index (χ0v) is 12.6. The van der Waals surface area contributed by atoms with Gasteiger partial charge in [-0.05, 0) is 60.2 Å². The van der Waals surface area contributed by atoms with Crippen molar-refractivity contribution >= 4 is 11.8 Å². The Labute approximate surface area is 133 Å². The minimum Gasteiger partial charge on any atom is -0.273 e. The van der Waals surface area contributed by atoms with E-state index in [0.717, 1.165) is 18.4 Å². The fourth-order valence-corrected chi connectivity index (χ4v) is 2.76. The summed E-state index contributed by atoms with van der Waals surface area (Å²) in [6, 6.07) is 11.2. The maximum atomic E-state index is 12.8. The van der Waals surface area contributed by atoms with Crippen LogP contribution in [0.25, 0.3) is 0 Å². The van der Waals surface area contributed by atoms with Gasteiger partial charge in [-0.3, -0.25) is 20.4 Å². The Morgan fingerprint density at radius 3 is 2.48 bits per heavy atom. The molecule has 4 nitrogen and oxygen atoms in total. The lowest BCUT2D eigenvalue weighted by Gasteiger charge is -2.08. The summed E-state index contributed by atoms with van der Waals surface area (Å²) in [4.78, 5) is 23.7. The van der Waals surface area contributed by atoms with Gasteiger partial charge in [-0.15, -0.1) is 0 Å². The Hall–Kier alpha value is -2.69. The normalized spacial score (nSPS) is 12.6. The Morgan fingerprint density at radius 2 is 1.70 bits per heavy atom. The van der Waals surface area contributed by atoms with E-state index in [1.165, 1.54) is 41.8 Å². The number of carbonyl (C=O) groups is 2. The number of halogens is 1. The highest BCUT2D eigenvalue weighted by Gasteiger charge is 2.13. The van der Waals surface area contributed by atoms with Gasteiger partial charge in [0, 0.05) is 5.56 Å². The van der Waals surface area contributed by atoms with E-state index < -0.39 is 11.7 Å². The van der Waals surface area contributed by atoms with Gasteiger partial charge in [-0.25, -0.2) is 4.39 Å². The molecule has 0 bridgehead atoms. The molecule has 1 aliphatic carbocycles. The van der Waals surface area contributed by atoms with Crippen LogP contribution in [0, 0.1) is 5.82 Å². The number of hydrogen-bond donors (Lipinski definition) is 2. The Kier molecular flexibility index (Phi) is 4.37. The highest BCUT2D eigenvalue weighted by atomic mass is 19.1. The van der Waals surface area contributed by atoms with Gasteiger partial charge in [0.1, 0.15) is 5.82 Å². The number of hydrogen-bond acceptors (Lipinski definition) is 2. The van der Waals surface area contributed by atoms with Crippen molar-refractivity contribution in [3.63, 3.8) is 0 Å². The topological polar surface area (TPSA) is 58.2 Å². The molecule has 23 heavy (non-hydrogen) atoms. The molecule has 0 radical (unpaired) electrons. The fraction of sp³-hybridized carbons (Fsp3) is 0.222. The number of fused-ring (bicyclic) bond motifs is 1. The summed E-state index contributed by atoms with van der Waals surface area (Å²) in [5.74, 6) is -1.19. The van der Waals surface area contributed by atoms with E-state index in [1.807, 2.05) is 6.07 Å². The van der Waals surface area contributed by atoms with Crippen molar-refractivity contribution in [3.8, 4) is 0 Å². The first-order valence-corrected chi connectivity index (χ1v) is 7.57. The second-order valence-corrected chi connectivity index (χ2v) is 5.64. The largest absolute Gasteiger partial charge is 0.273 e. The van der Waals surface area contributed by atoms with Crippen molar-refractivity contribution in [2.75, 3.05) is 0 Å². The highest BCUT2D eigenvalue weighted by Crippen LogP contribution is 2.22. The standard InChI is InChI=1S/C18H17FN2O2/c19-16-8-6-14(7-9-16)18(23)21-20-17(22)11-12-4-5-13-2-1-3-15(13)10-12/h4-10H,1-3,11H2,(H,20,22)(H,21,23). The maximum absolute atomic E-state index is 12.8. The van der Waals surface area contributed by atoms with Crippen LogP contribution in [0.3, 0.4) is 0 Å². The van der Waals surface area contributed by atoms with Crippen molar-refractivity contribution in [1.82, 2.24) is 10.9 Å². The van der Waals surface area contributed by atoms with Gasteiger partial charge in [-0.2, -0.15) is 0 Å². The first-order chi connectivity index (χ1) is 11.1. The summed E-state index contributed by atoms with van der Waals surface area (Å²) in [5.41, 5.74) is 8.59. The average molecular weight is 312 g/mol. The Bertz CT molecular complexity index is 741. The predicted octanol–water partition coefficient (Wildman–Crippen LogP) is 2.32. The number of aryl methyl sites for hydroxylation is 2. The predicted molar refractivity (Wildman–Crippen MR) is 84.2 cm³/mol. The van der Waals surface area contributed by atoms with Crippen LogP contribution in [0.2, 0.25) is 0 Å². The van der Waals surface area contributed by atoms with E-state index in [4.69, 9.17) is 0 Å². The van der Waals surface area contributed by atoms with E-state index in [9.17, 15) is 14.0 Å². The van der Waals surface area contributed by atoms with E-state index in [0.29, 0.717) is 0 Å². The number of nitrogens with one attached hydrogen (secondary N) is 2. The minimum absolute atomic E-state index is 0.205. The molecule has 0 atom stereocenters. The van der Waals surface area contributed by atoms with Crippen molar-refractivity contribution in [3.05, 3.63) is 70.5 Å². The maximum Gasteiger partial charge on any atom is 0.269 e. The van der Waals surface area contributed by atoms with E-state index in [1.54, 1.807) is 0 Å². The molecule has 0 saturated heterocycles. The molecular formula is C18H17FN2O2. The molecule has 0 spiro atoms. The van der Waals surface area contributed by atoms with E-state index in [2.05, 4.69) is 23.0 Å². The summed E-state index contributed by atoms with van der Waals surface area (Å²) in [6.45, 7) is 0. The molecule has 2 amide bonds. The van der Waals surface area contributed by atoms with Crippen molar-refractivity contribution in [1.29, 1.82) is 0 Å². The molecule has 3 rings (SSSR count). The van der Waals surface area contributed by atoms with Crippen LogP contribution < -0.4 is 10.9 Å². The average Bonchev–Trinajstić information content (AvgIpc) is 3.01. The van der Waals surface area contributed by atoms with Gasteiger partial charge in [-0.1, -0.05) is 18.2 Å². The van der Waals surface area contributed by atoms with Gasteiger partial charge in [0.05, 0.1) is 6.42 Å². The third kappa shape index (κ3) is 3.74. The van der Waals surface area contributed by atoms with Crippen molar-refractivity contribution < 1.29 is 14.0 Å². The molecule has 0 aromatic heterocycles. The Balaban J connectivity index is 1.53. The first kappa shape index (κ1) is 15.2. The number of rotatable bonds is 3. The second kappa shape index (κ2) is 6.60. The molecular weight excluding hydrogens is 295 g/mol. The van der Waals surface area contributed by atoms with Crippen LogP contribution in [0.5, 0.6) is 0 Å². The number of hydrazine groups is 1. The molecule has 0 unspecified atom stereocenters. The van der Waals surface area contributed by atoms with Crippen LogP contribution in [-0.2, 0) is 24.1 Å². The zero-order chi connectivity index (χ0) is 16.2. The summed E-state index contributed by atoms with van der Waals surface area (Å²) in [6.07, 6.45) is 3.54. The van der Waals surface area contributed by atoms with Gasteiger partial charge < -0.3 is 0 Å².